The molecule has 0 saturated heterocycles. The zero-order valence-corrected chi connectivity index (χ0v) is 96.4. The first-order chi connectivity index (χ1) is 74.0. The number of nitrogens with zero attached hydrogens (tertiary/aromatic N) is 2. The van der Waals surface area contributed by atoms with Crippen molar-refractivity contribution in [1.82, 2.24) is 20.4 Å². The minimum absolute atomic E-state index is 0.104. The van der Waals surface area contributed by atoms with Crippen molar-refractivity contribution in [2.45, 2.75) is 555 Å². The highest BCUT2D eigenvalue weighted by molar-refractivity contribution is 6.41. The molecule has 0 bridgehead atoms. The largest absolute Gasteiger partial charge is 0.490 e. The highest BCUT2D eigenvalue weighted by Crippen LogP contribution is 2.48. The first kappa shape index (κ1) is 125. The first-order valence-corrected chi connectivity index (χ1v) is 63.6. The average molecular weight is 2070 g/mol. The number of amides is 6. The third-order valence-corrected chi connectivity index (χ3v) is 32.1. The van der Waals surface area contributed by atoms with Crippen molar-refractivity contribution in [2.75, 3.05) is 65.8 Å². The van der Waals surface area contributed by atoms with Gasteiger partial charge in [-0.2, -0.15) is 0 Å². The van der Waals surface area contributed by atoms with E-state index in [9.17, 15) is 28.8 Å². The molecule has 0 radical (unpaired) electrons. The third-order valence-electron chi connectivity index (χ3n) is 32.1. The molecule has 0 unspecified atom stereocenters. The van der Waals surface area contributed by atoms with Crippen LogP contribution in [0.1, 0.15) is 617 Å². The summed E-state index contributed by atoms with van der Waals surface area (Å²) < 4.78 is 39.8. The normalized spacial score (nSPS) is 12.5. The lowest BCUT2D eigenvalue weighted by Gasteiger charge is -2.30. The Hall–Kier alpha value is -8.14. The summed E-state index contributed by atoms with van der Waals surface area (Å²) in [7, 11) is 0. The summed E-state index contributed by atoms with van der Waals surface area (Å²) >= 11 is 0. The Morgan fingerprint density at radius 1 is 0.200 bits per heavy atom. The van der Waals surface area contributed by atoms with E-state index in [2.05, 4.69) is 52.2 Å². The molecule has 0 fully saturated rings. The fourth-order valence-electron chi connectivity index (χ4n) is 22.7. The van der Waals surface area contributed by atoms with Crippen molar-refractivity contribution in [3.63, 3.8) is 0 Å². The smallest absolute Gasteiger partial charge is 0.261 e. The van der Waals surface area contributed by atoms with Crippen LogP contribution in [0.3, 0.4) is 0 Å². The van der Waals surface area contributed by atoms with E-state index < -0.39 is 0 Å². The molecule has 7 aromatic carbocycles. The first-order valence-electron chi connectivity index (χ1n) is 63.6. The van der Waals surface area contributed by atoms with Gasteiger partial charge in [0.1, 0.15) is 0 Å². The highest BCUT2D eigenvalue weighted by Gasteiger charge is 2.38. The van der Waals surface area contributed by atoms with Gasteiger partial charge in [0.05, 0.1) is 39.6 Å². The minimum atomic E-state index is -0.260. The predicted molar refractivity (Wildman–Crippen MR) is 632 cm³/mol. The van der Waals surface area contributed by atoms with Crippen molar-refractivity contribution in [3.8, 4) is 34.5 Å². The van der Waals surface area contributed by atoms with Gasteiger partial charge in [-0.1, -0.05) is 515 Å². The third kappa shape index (κ3) is 46.1. The van der Waals surface area contributed by atoms with E-state index in [1.54, 1.807) is 0 Å². The van der Waals surface area contributed by atoms with Gasteiger partial charge in [-0.3, -0.25) is 38.6 Å². The van der Waals surface area contributed by atoms with Crippen LogP contribution >= 0.6 is 0 Å². The Morgan fingerprint density at radius 3 is 0.560 bits per heavy atom. The summed E-state index contributed by atoms with van der Waals surface area (Å²) in [6.45, 7) is 19.1. The molecule has 0 saturated carbocycles. The monoisotopic (exact) mass is 2070 g/mol. The fourth-order valence-corrected chi connectivity index (χ4v) is 22.7. The van der Waals surface area contributed by atoms with Gasteiger partial charge in [-0.15, -0.1) is 0 Å². The number of nitrogens with one attached hydrogen (secondary N) is 2. The number of unbranched alkanes of at least 4 members (excludes halogenated alkanes) is 72. The van der Waals surface area contributed by atoms with E-state index in [0.717, 1.165) is 238 Å². The summed E-state index contributed by atoms with van der Waals surface area (Å²) in [5.41, 5.74) is 3.24. The lowest BCUT2D eigenvalue weighted by atomic mass is 9.82. The second kappa shape index (κ2) is 79.8. The molecule has 0 aliphatic carbocycles. The van der Waals surface area contributed by atoms with Gasteiger partial charge >= 0.3 is 0 Å². The van der Waals surface area contributed by atoms with Crippen LogP contribution in [0.25, 0.3) is 43.1 Å². The molecule has 0 spiro atoms. The quantitative estimate of drug-likeness (QED) is 0.0159. The summed E-state index contributed by atoms with van der Waals surface area (Å²) in [5.74, 6) is 2.54. The number of carbonyl (C=O) groups excluding carboxylic acids is 6. The lowest BCUT2D eigenvalue weighted by Crippen LogP contribution is -2.41. The van der Waals surface area contributed by atoms with Gasteiger partial charge in [0, 0.05) is 70.3 Å². The maximum Gasteiger partial charge on any atom is 0.261 e. The number of hydrogen-bond donors (Lipinski definition) is 2. The molecule has 840 valence electrons. The molecule has 2 heterocycles. The molecule has 2 aliphatic rings. The van der Waals surface area contributed by atoms with Gasteiger partial charge in [0.25, 0.3) is 35.4 Å². The van der Waals surface area contributed by atoms with Crippen molar-refractivity contribution in [3.05, 3.63) is 106 Å². The van der Waals surface area contributed by atoms with E-state index >= 15 is 0 Å². The molecule has 16 heteroatoms. The lowest BCUT2D eigenvalue weighted by molar-refractivity contribution is 0.0592. The molecule has 150 heavy (non-hydrogen) atoms. The zero-order chi connectivity index (χ0) is 106. The summed E-state index contributed by atoms with van der Waals surface area (Å²) in [4.78, 5) is 89.3. The van der Waals surface area contributed by atoms with Gasteiger partial charge in [0.15, 0.2) is 23.0 Å². The molecule has 0 aromatic heterocycles. The van der Waals surface area contributed by atoms with Crippen LogP contribution in [-0.2, 0) is 0 Å². The van der Waals surface area contributed by atoms with E-state index in [-0.39, 0.29) is 35.4 Å². The number of carbonyl (C=O) groups is 6. The molecule has 6 amide bonds. The average Bonchev–Trinajstić information content (AvgIpc) is 0.688. The van der Waals surface area contributed by atoms with Gasteiger partial charge in [0.2, 0.25) is 11.5 Å². The zero-order valence-electron chi connectivity index (χ0n) is 96.4. The predicted octanol–water partition coefficient (Wildman–Crippen LogP) is 39.4. The number of hydrogen-bond acceptors (Lipinski definition) is 12. The SMILES string of the molecule is CCCCCCCCCCCCOc1cc(C(=O)NCCCCCCCCCCCCN2C(=O)c3ccc4c5ccc6c7c(ccc(c8ccc(c3c48)C2=O)c75)C(=O)N(CCCCCCCCCCCCNC(=O)c2cc(OCCCCCCCCCCCC)c(OCCCCCCCCCCCC)c(OCCCCCCCCCCCC)c2)C6=O)cc(OCCCCCCCCCCCC)c1OCCCCCCCCCCCC. The van der Waals surface area contributed by atoms with E-state index in [4.69, 9.17) is 28.4 Å². The Labute approximate surface area is 912 Å². The van der Waals surface area contributed by atoms with Gasteiger partial charge in [-0.05, 0) is 145 Å². The summed E-state index contributed by atoms with van der Waals surface area (Å²) in [6.07, 6.45) is 96.0. The molecule has 16 nitrogen and oxygen atoms in total. The van der Waals surface area contributed by atoms with Crippen molar-refractivity contribution in [2.24, 2.45) is 0 Å². The number of benzene rings is 7. The van der Waals surface area contributed by atoms with Crippen LogP contribution in [0.2, 0.25) is 0 Å². The molecular weight excluding hydrogens is 1860 g/mol. The Kier molecular flexibility index (Phi) is 66.6. The second-order valence-electron chi connectivity index (χ2n) is 45.0. The van der Waals surface area contributed by atoms with Crippen molar-refractivity contribution >= 4 is 78.5 Å². The minimum Gasteiger partial charge on any atom is -0.490 e. The van der Waals surface area contributed by atoms with Crippen LogP contribution in [0, 0.1) is 0 Å². The molecule has 7 aromatic rings. The topological polar surface area (TPSA) is 188 Å². The highest BCUT2D eigenvalue weighted by atomic mass is 16.5. The summed E-state index contributed by atoms with van der Waals surface area (Å²) in [6, 6.07) is 23.1. The molecule has 2 aliphatic heterocycles. The van der Waals surface area contributed by atoms with Crippen LogP contribution in [0.15, 0.2) is 72.8 Å². The number of rotatable bonds is 100. The Balaban J connectivity index is 0.679. The van der Waals surface area contributed by atoms with Gasteiger partial charge < -0.3 is 39.1 Å². The van der Waals surface area contributed by atoms with Crippen LogP contribution in [0.5, 0.6) is 34.5 Å². The Morgan fingerprint density at radius 2 is 0.367 bits per heavy atom. The second-order valence-corrected chi connectivity index (χ2v) is 45.0. The maximum atomic E-state index is 14.5. The fraction of sp³-hybridized carbons (Fsp3) is 0.716. The van der Waals surface area contributed by atoms with E-state index in [0.29, 0.717) is 144 Å². The number of fused-ring (bicyclic) bond motifs is 2. The van der Waals surface area contributed by atoms with Crippen molar-refractivity contribution < 1.29 is 57.2 Å². The Bertz CT molecular complexity index is 4310. The van der Waals surface area contributed by atoms with Crippen LogP contribution in [0.4, 0.5) is 0 Å². The van der Waals surface area contributed by atoms with Crippen LogP contribution in [-0.4, -0.2) is 111 Å². The summed E-state index contributed by atoms with van der Waals surface area (Å²) in [5, 5.41) is 13.2. The number of imide groups is 2. The van der Waals surface area contributed by atoms with Crippen LogP contribution < -0.4 is 39.1 Å². The molecule has 9 rings (SSSR count). The number of ether oxygens (including phenoxy) is 6. The molecule has 2 N–H and O–H groups in total. The standard InChI is InChI=1S/C134H212N4O12/c1-7-13-19-25-31-37-51-61-71-81-99-145-119-105-109(106-120(146-100-82-72-62-52-38-32-26-20-14-8-2)127(119)149-103-85-75-65-55-41-35-29-23-17-11-5)129(139)135-95-77-67-57-47-43-45-49-59-69-79-97-137-131(141)115-91-87-111-113-89-93-117-126-118(94-90-114(124(113)126)112-88-92-116(132(137)142)125(115)123(111)112)134(144)138(133(117)143)98-80-70-60-50-46-44-48-58-68-78-96-136-130(140)110-107-121(147-101-83-73-63-53-39-33-27-21-15-9-3)128(150-104-86-76-66-56-42-36-30-24-18-12-6)122(108-110)148-102-84-74-64-54-40-34-28-22-16-10-4/h87-94,105-108H,7-86,95-104H2,1-6H3,(H,135,139)(H,136,140). The molecular formula is C134H212N4O12. The van der Waals surface area contributed by atoms with E-state index in [1.807, 2.05) is 72.8 Å². The van der Waals surface area contributed by atoms with Crippen molar-refractivity contribution in [1.29, 1.82) is 0 Å². The maximum absolute atomic E-state index is 14.5. The molecule has 0 atom stereocenters. The van der Waals surface area contributed by atoms with E-state index in [1.165, 1.54) is 318 Å². The van der Waals surface area contributed by atoms with Gasteiger partial charge in [-0.25, -0.2) is 0 Å².